The molecule has 1 aromatic heterocycles. The number of methoxy groups -OCH3 is 1. The van der Waals surface area contributed by atoms with E-state index in [1.807, 2.05) is 30.3 Å². The van der Waals surface area contributed by atoms with E-state index in [-0.39, 0.29) is 29.5 Å². The van der Waals surface area contributed by atoms with Crippen LogP contribution in [0.3, 0.4) is 0 Å². The van der Waals surface area contributed by atoms with Crippen molar-refractivity contribution >= 4 is 35.6 Å². The van der Waals surface area contributed by atoms with Gasteiger partial charge in [0.05, 0.1) is 7.11 Å². The van der Waals surface area contributed by atoms with Gasteiger partial charge >= 0.3 is 0 Å². The van der Waals surface area contributed by atoms with Gasteiger partial charge in [0.25, 0.3) is 0 Å². The van der Waals surface area contributed by atoms with Crippen molar-refractivity contribution in [3.8, 4) is 5.75 Å². The van der Waals surface area contributed by atoms with Crippen LogP contribution in [0.2, 0.25) is 0 Å². The van der Waals surface area contributed by atoms with Crippen LogP contribution in [-0.4, -0.2) is 24.2 Å². The second-order valence-electron chi connectivity index (χ2n) is 5.06. The average Bonchev–Trinajstić information content (AvgIpc) is 2.56. The van der Waals surface area contributed by atoms with Crippen LogP contribution in [0.15, 0.2) is 58.4 Å². The van der Waals surface area contributed by atoms with Crippen LogP contribution in [0.5, 0.6) is 5.75 Å². The fraction of sp³-hybridized carbons (Fsp3) is 0.294. The molecule has 3 N–H and O–H groups in total. The van der Waals surface area contributed by atoms with E-state index in [4.69, 9.17) is 10.5 Å². The molecule has 0 aliphatic heterocycles. The number of guanidine groups is 1. The van der Waals surface area contributed by atoms with Crippen molar-refractivity contribution in [2.45, 2.75) is 19.4 Å². The van der Waals surface area contributed by atoms with Crippen molar-refractivity contribution in [1.82, 2.24) is 4.57 Å². The third kappa shape index (κ3) is 6.61. The third-order valence-electron chi connectivity index (χ3n) is 3.33. The molecule has 6 nitrogen and oxygen atoms in total. The van der Waals surface area contributed by atoms with E-state index in [9.17, 15) is 4.79 Å². The van der Waals surface area contributed by atoms with Crippen molar-refractivity contribution in [1.29, 1.82) is 0 Å². The average molecular weight is 442 g/mol. The topological polar surface area (TPSA) is 81.6 Å². The molecular formula is C17H23IN4O2. The summed E-state index contributed by atoms with van der Waals surface area (Å²) in [5.74, 6) is 1.13. The summed E-state index contributed by atoms with van der Waals surface area (Å²) in [4.78, 5) is 15.8. The molecule has 0 unspecified atom stereocenters. The minimum atomic E-state index is 0. The number of hydrogen-bond acceptors (Lipinski definition) is 3. The maximum atomic E-state index is 11.5. The third-order valence-corrected chi connectivity index (χ3v) is 3.33. The number of unbranched alkanes of at least 4 members (excludes halogenated alkanes) is 1. The minimum Gasteiger partial charge on any atom is -0.497 e. The maximum Gasteiger partial charge on any atom is 0.250 e. The molecule has 1 heterocycles. The zero-order chi connectivity index (χ0) is 16.5. The Hall–Kier alpha value is -2.03. The Morgan fingerprint density at radius 1 is 1.25 bits per heavy atom. The molecule has 0 aliphatic rings. The number of aryl methyl sites for hydroxylation is 1. The van der Waals surface area contributed by atoms with Gasteiger partial charge in [0.2, 0.25) is 5.56 Å². The van der Waals surface area contributed by atoms with Gasteiger partial charge in [-0.1, -0.05) is 12.1 Å². The Morgan fingerprint density at radius 3 is 2.83 bits per heavy atom. The first-order valence-corrected chi connectivity index (χ1v) is 7.55. The molecule has 0 atom stereocenters. The van der Waals surface area contributed by atoms with Gasteiger partial charge in [-0.05, 0) is 31.0 Å². The predicted octanol–water partition coefficient (Wildman–Crippen LogP) is 2.68. The molecule has 0 saturated carbocycles. The summed E-state index contributed by atoms with van der Waals surface area (Å²) in [6.07, 6.45) is 3.53. The lowest BCUT2D eigenvalue weighted by Gasteiger charge is -2.07. The van der Waals surface area contributed by atoms with Gasteiger partial charge in [-0.2, -0.15) is 0 Å². The van der Waals surface area contributed by atoms with Crippen LogP contribution in [-0.2, 0) is 6.54 Å². The number of hydrogen-bond donors (Lipinski definition) is 2. The Kier molecular flexibility index (Phi) is 8.92. The zero-order valence-electron chi connectivity index (χ0n) is 13.6. The van der Waals surface area contributed by atoms with E-state index < -0.39 is 0 Å². The second kappa shape index (κ2) is 10.7. The molecule has 0 fully saturated rings. The van der Waals surface area contributed by atoms with Gasteiger partial charge in [0, 0.05) is 37.1 Å². The molecule has 1 aromatic carbocycles. The molecule has 2 aromatic rings. The zero-order valence-corrected chi connectivity index (χ0v) is 16.0. The summed E-state index contributed by atoms with van der Waals surface area (Å²) in [6, 6.07) is 12.7. The van der Waals surface area contributed by atoms with Crippen molar-refractivity contribution in [3.63, 3.8) is 0 Å². The van der Waals surface area contributed by atoms with Gasteiger partial charge < -0.3 is 20.4 Å². The smallest absolute Gasteiger partial charge is 0.250 e. The molecule has 0 spiro atoms. The van der Waals surface area contributed by atoms with Crippen LogP contribution >= 0.6 is 24.0 Å². The van der Waals surface area contributed by atoms with E-state index in [1.54, 1.807) is 30.0 Å². The SMILES string of the molecule is COc1cccc(NC(N)=NCCCCn2ccccc2=O)c1.I. The fourth-order valence-corrected chi connectivity index (χ4v) is 2.13. The molecule has 0 aliphatic carbocycles. The number of aliphatic imine (C=N–C) groups is 1. The number of nitrogens with one attached hydrogen (secondary N) is 1. The van der Waals surface area contributed by atoms with Crippen LogP contribution < -0.4 is 21.3 Å². The number of pyridine rings is 1. The van der Waals surface area contributed by atoms with Gasteiger partial charge in [0.15, 0.2) is 5.96 Å². The Bertz CT molecular complexity index is 715. The lowest BCUT2D eigenvalue weighted by Crippen LogP contribution is -2.23. The largest absolute Gasteiger partial charge is 0.497 e. The summed E-state index contributed by atoms with van der Waals surface area (Å²) in [5, 5.41) is 3.03. The van der Waals surface area contributed by atoms with Crippen LogP contribution in [0.25, 0.3) is 0 Å². The number of nitrogens with two attached hydrogens (primary N) is 1. The van der Waals surface area contributed by atoms with E-state index in [0.717, 1.165) is 24.3 Å². The molecule has 0 bridgehead atoms. The first kappa shape index (κ1) is 20.0. The highest BCUT2D eigenvalue weighted by atomic mass is 127. The number of anilines is 1. The molecular weight excluding hydrogens is 419 g/mol. The summed E-state index contributed by atoms with van der Waals surface area (Å²) >= 11 is 0. The minimum absolute atomic E-state index is 0. The first-order valence-electron chi connectivity index (χ1n) is 7.55. The number of aromatic nitrogens is 1. The number of benzene rings is 1. The van der Waals surface area contributed by atoms with Crippen molar-refractivity contribution in [2.75, 3.05) is 19.0 Å². The maximum absolute atomic E-state index is 11.5. The molecule has 2 rings (SSSR count). The van der Waals surface area contributed by atoms with Crippen LogP contribution in [0.4, 0.5) is 5.69 Å². The van der Waals surface area contributed by atoms with Crippen molar-refractivity contribution in [2.24, 2.45) is 10.7 Å². The van der Waals surface area contributed by atoms with Crippen molar-refractivity contribution < 1.29 is 4.74 Å². The molecule has 130 valence electrons. The first-order chi connectivity index (χ1) is 11.2. The van der Waals surface area contributed by atoms with Crippen LogP contribution in [0, 0.1) is 0 Å². The van der Waals surface area contributed by atoms with Gasteiger partial charge in [-0.15, -0.1) is 24.0 Å². The standard InChI is InChI=1S/C17H22N4O2.HI/c1-23-15-8-6-7-14(13-15)20-17(18)19-10-3-5-12-21-11-4-2-9-16(21)22;/h2,4,6-9,11,13H,3,5,10,12H2,1H3,(H3,18,19,20);1H. The molecule has 0 radical (unpaired) electrons. The number of nitrogens with zero attached hydrogens (tertiary/aromatic N) is 2. The lowest BCUT2D eigenvalue weighted by molar-refractivity contribution is 0.415. The van der Waals surface area contributed by atoms with E-state index in [1.165, 1.54) is 0 Å². The monoisotopic (exact) mass is 442 g/mol. The van der Waals surface area contributed by atoms with Gasteiger partial charge in [0.1, 0.15) is 5.75 Å². The van der Waals surface area contributed by atoms with Crippen LogP contribution in [0.1, 0.15) is 12.8 Å². The Morgan fingerprint density at radius 2 is 2.08 bits per heavy atom. The van der Waals surface area contributed by atoms with Gasteiger partial charge in [-0.25, -0.2) is 0 Å². The van der Waals surface area contributed by atoms with E-state index in [0.29, 0.717) is 19.0 Å². The summed E-state index contributed by atoms with van der Waals surface area (Å²) in [5.41, 5.74) is 6.72. The summed E-state index contributed by atoms with van der Waals surface area (Å²) in [6.45, 7) is 1.31. The Labute approximate surface area is 158 Å². The molecule has 24 heavy (non-hydrogen) atoms. The fourth-order valence-electron chi connectivity index (χ4n) is 2.13. The lowest BCUT2D eigenvalue weighted by atomic mass is 10.3. The number of rotatable bonds is 7. The van der Waals surface area contributed by atoms with Crippen molar-refractivity contribution in [3.05, 3.63) is 59.0 Å². The highest BCUT2D eigenvalue weighted by molar-refractivity contribution is 14.0. The highest BCUT2D eigenvalue weighted by Gasteiger charge is 1.98. The summed E-state index contributed by atoms with van der Waals surface area (Å²) in [7, 11) is 1.62. The quantitative estimate of drug-likeness (QED) is 0.299. The number of halogens is 1. The van der Waals surface area contributed by atoms with Gasteiger partial charge in [-0.3, -0.25) is 9.79 Å². The molecule has 7 heteroatoms. The van der Waals surface area contributed by atoms with E-state index >= 15 is 0 Å². The predicted molar refractivity (Wildman–Crippen MR) is 108 cm³/mol. The summed E-state index contributed by atoms with van der Waals surface area (Å²) < 4.78 is 6.85. The normalized spacial score (nSPS) is 10.8. The number of ether oxygens (including phenoxy) is 1. The molecule has 0 amide bonds. The molecule has 0 saturated heterocycles. The van der Waals surface area contributed by atoms with E-state index in [2.05, 4.69) is 10.3 Å². The second-order valence-corrected chi connectivity index (χ2v) is 5.06. The Balaban J connectivity index is 0.00000288. The highest BCUT2D eigenvalue weighted by Crippen LogP contribution is 2.16.